The van der Waals surface area contributed by atoms with E-state index in [0.29, 0.717) is 19.5 Å². The fourth-order valence-electron chi connectivity index (χ4n) is 3.14. The smallest absolute Gasteiger partial charge is 0.242 e. The van der Waals surface area contributed by atoms with Crippen molar-refractivity contribution in [2.24, 2.45) is 0 Å². The van der Waals surface area contributed by atoms with E-state index in [0.717, 1.165) is 38.1 Å². The SMILES string of the molecule is CCC(=O)N(CC(=O)N(Cc1ccco1)CC1CCCO1)C1CC1. The maximum atomic E-state index is 12.9. The molecule has 6 nitrogen and oxygen atoms in total. The molecule has 1 aromatic rings. The largest absolute Gasteiger partial charge is 0.467 e. The van der Waals surface area contributed by atoms with Crippen LogP contribution in [0.25, 0.3) is 0 Å². The molecule has 1 saturated carbocycles. The van der Waals surface area contributed by atoms with E-state index < -0.39 is 0 Å². The Hall–Kier alpha value is -1.82. The molecule has 2 heterocycles. The molecular formula is C18H26N2O4. The molecule has 1 aromatic heterocycles. The normalized spacial score (nSPS) is 20.1. The van der Waals surface area contributed by atoms with Crippen molar-refractivity contribution < 1.29 is 18.7 Å². The van der Waals surface area contributed by atoms with Gasteiger partial charge >= 0.3 is 0 Å². The van der Waals surface area contributed by atoms with Crippen LogP contribution >= 0.6 is 0 Å². The molecule has 1 aliphatic heterocycles. The number of rotatable bonds is 8. The van der Waals surface area contributed by atoms with E-state index in [2.05, 4.69) is 0 Å². The van der Waals surface area contributed by atoms with Crippen LogP contribution in [-0.2, 0) is 20.9 Å². The molecule has 0 N–H and O–H groups in total. The van der Waals surface area contributed by atoms with Gasteiger partial charge in [0.2, 0.25) is 11.8 Å². The summed E-state index contributed by atoms with van der Waals surface area (Å²) in [4.78, 5) is 28.5. The molecule has 0 aromatic carbocycles. The third-order valence-electron chi connectivity index (χ3n) is 4.64. The minimum Gasteiger partial charge on any atom is -0.467 e. The highest BCUT2D eigenvalue weighted by Gasteiger charge is 2.34. The molecule has 132 valence electrons. The second-order valence-electron chi connectivity index (χ2n) is 6.60. The van der Waals surface area contributed by atoms with Gasteiger partial charge in [-0.2, -0.15) is 0 Å². The molecule has 2 fully saturated rings. The lowest BCUT2D eigenvalue weighted by atomic mass is 10.2. The van der Waals surface area contributed by atoms with Crippen LogP contribution in [0.3, 0.4) is 0 Å². The first-order valence-electron chi connectivity index (χ1n) is 8.88. The molecule has 1 aliphatic carbocycles. The number of hydrogen-bond acceptors (Lipinski definition) is 4. The monoisotopic (exact) mass is 334 g/mol. The second-order valence-corrected chi connectivity index (χ2v) is 6.60. The van der Waals surface area contributed by atoms with Crippen LogP contribution in [0.15, 0.2) is 22.8 Å². The average Bonchev–Trinajstić information content (AvgIpc) is 3.06. The summed E-state index contributed by atoms with van der Waals surface area (Å²) in [6.45, 7) is 3.73. The summed E-state index contributed by atoms with van der Waals surface area (Å²) in [5.41, 5.74) is 0. The van der Waals surface area contributed by atoms with E-state index in [1.54, 1.807) is 16.1 Å². The van der Waals surface area contributed by atoms with Crippen LogP contribution in [-0.4, -0.2) is 53.5 Å². The maximum Gasteiger partial charge on any atom is 0.242 e. The summed E-state index contributed by atoms with van der Waals surface area (Å²) in [6, 6.07) is 3.93. The minimum absolute atomic E-state index is 0.0319. The first kappa shape index (κ1) is 17.0. The number of carbonyl (C=O) groups is 2. The van der Waals surface area contributed by atoms with Crippen molar-refractivity contribution in [3.63, 3.8) is 0 Å². The molecule has 1 atom stereocenters. The van der Waals surface area contributed by atoms with E-state index in [1.165, 1.54) is 0 Å². The van der Waals surface area contributed by atoms with Crippen molar-refractivity contribution in [3.05, 3.63) is 24.2 Å². The van der Waals surface area contributed by atoms with Crippen LogP contribution in [0, 0.1) is 0 Å². The summed E-state index contributed by atoms with van der Waals surface area (Å²) in [6.07, 6.45) is 6.15. The Morgan fingerprint density at radius 3 is 2.67 bits per heavy atom. The lowest BCUT2D eigenvalue weighted by Gasteiger charge is -2.28. The summed E-state index contributed by atoms with van der Waals surface area (Å²) >= 11 is 0. The number of hydrogen-bond donors (Lipinski definition) is 0. The molecule has 24 heavy (non-hydrogen) atoms. The molecule has 1 saturated heterocycles. The molecule has 3 rings (SSSR count). The minimum atomic E-state index is -0.0319. The van der Waals surface area contributed by atoms with Gasteiger partial charge in [0.25, 0.3) is 0 Å². The zero-order valence-corrected chi connectivity index (χ0v) is 14.3. The van der Waals surface area contributed by atoms with Crippen molar-refractivity contribution in [2.45, 2.75) is 57.7 Å². The van der Waals surface area contributed by atoms with Crippen molar-refractivity contribution in [3.8, 4) is 0 Å². The lowest BCUT2D eigenvalue weighted by molar-refractivity contribution is -0.142. The number of furan rings is 1. The highest BCUT2D eigenvalue weighted by molar-refractivity contribution is 5.85. The number of amides is 2. The van der Waals surface area contributed by atoms with Crippen LogP contribution in [0.2, 0.25) is 0 Å². The summed E-state index contributed by atoms with van der Waals surface area (Å²) in [5, 5.41) is 0. The third kappa shape index (κ3) is 4.38. The van der Waals surface area contributed by atoms with E-state index in [9.17, 15) is 9.59 Å². The van der Waals surface area contributed by atoms with Crippen LogP contribution in [0.1, 0.15) is 44.8 Å². The molecule has 6 heteroatoms. The lowest BCUT2D eigenvalue weighted by Crippen LogP contribution is -2.45. The highest BCUT2D eigenvalue weighted by Crippen LogP contribution is 2.27. The summed E-state index contributed by atoms with van der Waals surface area (Å²) in [7, 11) is 0. The first-order valence-corrected chi connectivity index (χ1v) is 8.88. The van der Waals surface area contributed by atoms with Gasteiger partial charge in [-0.15, -0.1) is 0 Å². The Labute approximate surface area is 142 Å². The summed E-state index contributed by atoms with van der Waals surface area (Å²) in [5.74, 6) is 0.776. The molecule has 2 amide bonds. The van der Waals surface area contributed by atoms with E-state index in [-0.39, 0.29) is 30.5 Å². The first-order chi connectivity index (χ1) is 11.7. The fourth-order valence-corrected chi connectivity index (χ4v) is 3.14. The van der Waals surface area contributed by atoms with Crippen LogP contribution in [0.5, 0.6) is 0 Å². The molecule has 2 aliphatic rings. The van der Waals surface area contributed by atoms with Gasteiger partial charge < -0.3 is 19.0 Å². The van der Waals surface area contributed by atoms with E-state index >= 15 is 0 Å². The third-order valence-corrected chi connectivity index (χ3v) is 4.64. The van der Waals surface area contributed by atoms with Gasteiger partial charge in [-0.3, -0.25) is 9.59 Å². The average molecular weight is 334 g/mol. The molecule has 1 unspecified atom stereocenters. The Bertz CT molecular complexity index is 547. The fraction of sp³-hybridized carbons (Fsp3) is 0.667. The highest BCUT2D eigenvalue weighted by atomic mass is 16.5. The van der Waals surface area contributed by atoms with Gasteiger partial charge in [0.1, 0.15) is 12.3 Å². The number of carbonyl (C=O) groups excluding carboxylic acids is 2. The van der Waals surface area contributed by atoms with Gasteiger partial charge in [-0.1, -0.05) is 6.92 Å². The van der Waals surface area contributed by atoms with Crippen molar-refractivity contribution in [1.82, 2.24) is 9.80 Å². The van der Waals surface area contributed by atoms with Gasteiger partial charge in [0.15, 0.2) is 0 Å². The number of nitrogens with zero attached hydrogens (tertiary/aromatic N) is 2. The Morgan fingerprint density at radius 1 is 1.25 bits per heavy atom. The van der Waals surface area contributed by atoms with E-state index in [4.69, 9.17) is 9.15 Å². The maximum absolute atomic E-state index is 12.9. The molecular weight excluding hydrogens is 308 g/mol. The Morgan fingerprint density at radius 2 is 2.08 bits per heavy atom. The molecule has 0 radical (unpaired) electrons. The topological polar surface area (TPSA) is 63.0 Å². The quantitative estimate of drug-likeness (QED) is 0.731. The van der Waals surface area contributed by atoms with Gasteiger partial charge in [0, 0.05) is 25.6 Å². The Balaban J connectivity index is 1.65. The predicted molar refractivity (Wildman–Crippen MR) is 88.1 cm³/mol. The van der Waals surface area contributed by atoms with Crippen molar-refractivity contribution in [1.29, 1.82) is 0 Å². The van der Waals surface area contributed by atoms with E-state index in [1.807, 2.05) is 19.1 Å². The molecule has 0 bridgehead atoms. The van der Waals surface area contributed by atoms with Gasteiger partial charge in [-0.25, -0.2) is 0 Å². The van der Waals surface area contributed by atoms with Crippen LogP contribution < -0.4 is 0 Å². The van der Waals surface area contributed by atoms with Crippen LogP contribution in [0.4, 0.5) is 0 Å². The standard InChI is InChI=1S/C18H26N2O4/c1-2-17(21)20(14-7-8-14)13-18(22)19(11-15-5-3-9-23-15)12-16-6-4-10-24-16/h3,5,9,14,16H,2,4,6-8,10-13H2,1H3. The van der Waals surface area contributed by atoms with Crippen molar-refractivity contribution in [2.75, 3.05) is 19.7 Å². The second kappa shape index (κ2) is 7.83. The number of ether oxygens (including phenoxy) is 1. The Kier molecular flexibility index (Phi) is 5.56. The zero-order chi connectivity index (χ0) is 16.9. The molecule has 0 spiro atoms. The van der Waals surface area contributed by atoms with Gasteiger partial charge in [-0.05, 0) is 37.8 Å². The predicted octanol–water partition coefficient (Wildman–Crippen LogP) is 2.19. The van der Waals surface area contributed by atoms with Crippen molar-refractivity contribution >= 4 is 11.8 Å². The summed E-state index contributed by atoms with van der Waals surface area (Å²) < 4.78 is 11.1. The zero-order valence-electron chi connectivity index (χ0n) is 14.3. The van der Waals surface area contributed by atoms with Gasteiger partial charge in [0.05, 0.1) is 18.9 Å².